The van der Waals surface area contributed by atoms with E-state index in [9.17, 15) is 23.6 Å². The van der Waals surface area contributed by atoms with Gasteiger partial charge in [-0.1, -0.05) is 12.1 Å². The number of methoxy groups -OCH3 is 1. The van der Waals surface area contributed by atoms with E-state index < -0.39 is 71.3 Å². The van der Waals surface area contributed by atoms with Gasteiger partial charge in [0.15, 0.2) is 5.69 Å². The molecule has 2 aromatic heterocycles. The van der Waals surface area contributed by atoms with Crippen molar-refractivity contribution in [1.29, 1.82) is 0 Å². The van der Waals surface area contributed by atoms with Gasteiger partial charge in [0.25, 0.3) is 11.5 Å². The van der Waals surface area contributed by atoms with E-state index in [1.54, 1.807) is 0 Å². The third-order valence-corrected chi connectivity index (χ3v) is 4.96. The molecule has 0 bridgehead atoms. The van der Waals surface area contributed by atoms with Crippen molar-refractivity contribution < 1.29 is 39.5 Å². The zero-order valence-electron chi connectivity index (χ0n) is 25.7. The molecule has 202 valence electrons. The summed E-state index contributed by atoms with van der Waals surface area (Å²) in [6, 6.07) is 4.15. The van der Waals surface area contributed by atoms with Gasteiger partial charge in [0.05, 0.1) is 21.3 Å². The molecule has 2 heterocycles. The zero-order chi connectivity index (χ0) is 32.3. The van der Waals surface area contributed by atoms with Crippen LogP contribution in [0.25, 0.3) is 0 Å². The standard InChI is InChI=1S/C24H27FN6O7/c1-13-29-30-21(37-13)20(34)28-24(2,3)23-27-17(19(33)26-12-14-6-8-15(25)9-7-14)18(22(35)31(23)4)38-16(32)10-11-36-5/h6-9H,10-12H2,1-5H3,(H,26,33)(H,28,34)/i1D3,12D2. The Balaban J connectivity index is 2.05. The van der Waals surface area contributed by atoms with Gasteiger partial charge >= 0.3 is 17.8 Å². The van der Waals surface area contributed by atoms with E-state index in [0.29, 0.717) is 0 Å². The minimum atomic E-state index is -2.77. The summed E-state index contributed by atoms with van der Waals surface area (Å²) in [6.45, 7) is -2.70. The number of aryl methyl sites for hydroxylation is 1. The Morgan fingerprint density at radius 2 is 1.92 bits per heavy atom. The molecular formula is C24H27FN6O7. The Labute approximate surface area is 223 Å². The van der Waals surface area contributed by atoms with Crippen molar-refractivity contribution in [3.63, 3.8) is 0 Å². The normalized spacial score (nSPS) is 13.9. The van der Waals surface area contributed by atoms with Crippen molar-refractivity contribution >= 4 is 17.8 Å². The molecule has 1 aromatic carbocycles. The number of aromatic nitrogens is 4. The first kappa shape index (κ1) is 21.6. The fraction of sp³-hybridized carbons (Fsp3) is 0.375. The Morgan fingerprint density at radius 1 is 1.21 bits per heavy atom. The Kier molecular flexibility index (Phi) is 6.67. The van der Waals surface area contributed by atoms with Crippen LogP contribution in [0.4, 0.5) is 4.39 Å². The van der Waals surface area contributed by atoms with Gasteiger partial charge in [-0.2, -0.15) is 0 Å². The SMILES string of the molecule is [2H]C([2H])([2H])c1nnc(C(=O)NC(C)(C)c2nc(C(=O)NC([2H])([2H])c3ccc(F)cc3)c(OC(=O)CCOC)c(=O)n2C)o1. The second kappa shape index (κ2) is 11.7. The number of halogens is 1. The maximum absolute atomic E-state index is 13.4. The van der Waals surface area contributed by atoms with E-state index in [2.05, 4.69) is 20.5 Å². The molecular weight excluding hydrogens is 503 g/mol. The minimum Gasteiger partial charge on any atom is -0.418 e. The molecule has 2 N–H and O–H groups in total. The molecule has 0 unspecified atom stereocenters. The highest BCUT2D eigenvalue weighted by molar-refractivity contribution is 5.95. The van der Waals surface area contributed by atoms with Crippen LogP contribution in [0, 0.1) is 12.7 Å². The smallest absolute Gasteiger partial charge is 0.313 e. The van der Waals surface area contributed by atoms with E-state index in [4.69, 9.17) is 20.7 Å². The highest BCUT2D eigenvalue weighted by Crippen LogP contribution is 2.22. The van der Waals surface area contributed by atoms with Crippen molar-refractivity contribution in [3.8, 4) is 5.75 Å². The van der Waals surface area contributed by atoms with Crippen molar-refractivity contribution in [1.82, 2.24) is 30.4 Å². The molecule has 0 aliphatic heterocycles. The van der Waals surface area contributed by atoms with E-state index >= 15 is 0 Å². The molecule has 0 saturated carbocycles. The van der Waals surface area contributed by atoms with Crippen molar-refractivity contribution in [2.24, 2.45) is 7.05 Å². The summed E-state index contributed by atoms with van der Waals surface area (Å²) in [5.74, 6) is -6.54. The molecule has 0 spiro atoms. The van der Waals surface area contributed by atoms with Crippen LogP contribution in [-0.2, 0) is 28.6 Å². The molecule has 0 saturated heterocycles. The van der Waals surface area contributed by atoms with Gasteiger partial charge in [0.2, 0.25) is 11.6 Å². The number of carbonyl (C=O) groups excluding carboxylic acids is 3. The number of rotatable bonds is 10. The largest absolute Gasteiger partial charge is 0.418 e. The number of carbonyl (C=O) groups is 3. The van der Waals surface area contributed by atoms with Crippen LogP contribution in [0.1, 0.15) is 65.6 Å². The van der Waals surface area contributed by atoms with E-state index in [0.717, 1.165) is 28.8 Å². The molecule has 0 atom stereocenters. The average molecular weight is 536 g/mol. The number of esters is 1. The van der Waals surface area contributed by atoms with Crippen molar-refractivity contribution in [2.45, 2.75) is 39.2 Å². The van der Waals surface area contributed by atoms with Gasteiger partial charge < -0.3 is 24.5 Å². The van der Waals surface area contributed by atoms with Gasteiger partial charge in [0.1, 0.15) is 11.6 Å². The van der Waals surface area contributed by atoms with Gasteiger partial charge in [0, 0.05) is 31.6 Å². The fourth-order valence-electron chi connectivity index (χ4n) is 3.17. The van der Waals surface area contributed by atoms with Crippen LogP contribution in [0.15, 0.2) is 33.5 Å². The zero-order valence-corrected chi connectivity index (χ0v) is 20.7. The van der Waals surface area contributed by atoms with Gasteiger partial charge in [-0.05, 0) is 31.5 Å². The first-order valence-corrected chi connectivity index (χ1v) is 10.9. The van der Waals surface area contributed by atoms with Gasteiger partial charge in [-0.15, -0.1) is 10.2 Å². The van der Waals surface area contributed by atoms with E-state index in [1.165, 1.54) is 28.0 Å². The Morgan fingerprint density at radius 3 is 2.55 bits per heavy atom. The quantitative estimate of drug-likeness (QED) is 0.359. The Bertz CT molecular complexity index is 1590. The number of nitrogens with zero attached hydrogens (tertiary/aromatic N) is 4. The maximum atomic E-state index is 13.4. The van der Waals surface area contributed by atoms with E-state index in [-0.39, 0.29) is 24.4 Å². The van der Waals surface area contributed by atoms with Crippen LogP contribution < -0.4 is 20.9 Å². The third kappa shape index (κ3) is 6.64. The third-order valence-electron chi connectivity index (χ3n) is 4.96. The lowest BCUT2D eigenvalue weighted by molar-refractivity contribution is -0.135. The predicted molar refractivity (Wildman–Crippen MR) is 129 cm³/mol. The first-order chi connectivity index (χ1) is 19.9. The molecule has 3 aromatic rings. The molecule has 14 heteroatoms. The Hall–Kier alpha value is -4.46. The molecule has 2 amide bonds. The summed E-state index contributed by atoms with van der Waals surface area (Å²) in [5, 5.41) is 11.2. The van der Waals surface area contributed by atoms with Crippen LogP contribution in [0.2, 0.25) is 0 Å². The van der Waals surface area contributed by atoms with Crippen LogP contribution in [0.5, 0.6) is 5.75 Å². The van der Waals surface area contributed by atoms with Crippen molar-refractivity contribution in [3.05, 3.63) is 69.3 Å². The maximum Gasteiger partial charge on any atom is 0.313 e. The average Bonchev–Trinajstić information content (AvgIpc) is 3.41. The topological polar surface area (TPSA) is 168 Å². The van der Waals surface area contributed by atoms with Crippen LogP contribution >= 0.6 is 0 Å². The number of benzene rings is 1. The molecule has 0 aliphatic carbocycles. The molecule has 13 nitrogen and oxygen atoms in total. The van der Waals surface area contributed by atoms with Crippen molar-refractivity contribution in [2.75, 3.05) is 13.7 Å². The lowest BCUT2D eigenvalue weighted by Gasteiger charge is -2.27. The molecule has 38 heavy (non-hydrogen) atoms. The number of hydrogen-bond acceptors (Lipinski definition) is 10. The van der Waals surface area contributed by atoms with E-state index in [1.807, 2.05) is 5.32 Å². The number of hydrogen-bond donors (Lipinski definition) is 2. The number of nitrogens with one attached hydrogen (secondary N) is 2. The second-order valence-electron chi connectivity index (χ2n) is 8.27. The lowest BCUT2D eigenvalue weighted by atomic mass is 10.0. The predicted octanol–water partition coefficient (Wildman–Crippen LogP) is 1.15. The first-order valence-electron chi connectivity index (χ1n) is 13.4. The summed E-state index contributed by atoms with van der Waals surface area (Å²) in [6.07, 6.45) is -0.303. The highest BCUT2D eigenvalue weighted by Gasteiger charge is 2.33. The monoisotopic (exact) mass is 535 g/mol. The summed E-state index contributed by atoms with van der Waals surface area (Å²) in [4.78, 5) is 56.1. The van der Waals surface area contributed by atoms with Crippen LogP contribution in [0.3, 0.4) is 0 Å². The second-order valence-corrected chi connectivity index (χ2v) is 8.27. The molecule has 0 aliphatic rings. The summed E-state index contributed by atoms with van der Waals surface area (Å²) < 4.78 is 67.7. The number of amides is 2. The van der Waals surface area contributed by atoms with Gasteiger partial charge in [-0.3, -0.25) is 23.7 Å². The summed E-state index contributed by atoms with van der Waals surface area (Å²) >= 11 is 0. The van der Waals surface area contributed by atoms with Crippen LogP contribution in [-0.4, -0.2) is 51.2 Å². The molecule has 0 fully saturated rings. The molecule has 0 radical (unpaired) electrons. The number of ether oxygens (including phenoxy) is 2. The fourth-order valence-corrected chi connectivity index (χ4v) is 3.17. The molecule has 3 rings (SSSR count). The highest BCUT2D eigenvalue weighted by atomic mass is 19.1. The summed E-state index contributed by atoms with van der Waals surface area (Å²) in [7, 11) is 2.54. The minimum absolute atomic E-state index is 0.0719. The van der Waals surface area contributed by atoms with Gasteiger partial charge in [-0.25, -0.2) is 9.37 Å². The lowest BCUT2D eigenvalue weighted by Crippen LogP contribution is -2.46. The summed E-state index contributed by atoms with van der Waals surface area (Å²) in [5.41, 5.74) is -3.61.